The van der Waals surface area contributed by atoms with Crippen molar-refractivity contribution in [3.8, 4) is 0 Å². The molecule has 0 bridgehead atoms. The molecular weight excluding hydrogens is 380 g/mol. The molecule has 0 saturated carbocycles. The van der Waals surface area contributed by atoms with Gasteiger partial charge in [-0.1, -0.05) is 0 Å². The monoisotopic (exact) mass is 408 g/mol. The van der Waals surface area contributed by atoms with E-state index in [2.05, 4.69) is 6.92 Å². The van der Waals surface area contributed by atoms with Crippen LogP contribution >= 0.6 is 0 Å². The first-order valence-electron chi connectivity index (χ1n) is 8.92. The predicted molar refractivity (Wildman–Crippen MR) is 91.0 cm³/mol. The zero-order chi connectivity index (χ0) is 16.6. The van der Waals surface area contributed by atoms with Crippen molar-refractivity contribution >= 4 is 11.6 Å². The maximum Gasteiger partial charge on any atom is 0.285 e. The third-order valence-corrected chi connectivity index (χ3v) is 5.90. The zero-order valence-electron chi connectivity index (χ0n) is 15.1. The Hall–Kier alpha value is -0.316. The van der Waals surface area contributed by atoms with Crippen LogP contribution in [-0.2, 0) is 37.5 Å². The van der Waals surface area contributed by atoms with Crippen LogP contribution < -0.4 is 4.90 Å². The number of carbonyl (C=O) groups excluding carboxylic acids is 1. The molecule has 24 heavy (non-hydrogen) atoms. The number of benzene rings is 1. The van der Waals surface area contributed by atoms with Crippen LogP contribution in [0.2, 0.25) is 0 Å². The fourth-order valence-corrected chi connectivity index (χ4v) is 4.71. The maximum atomic E-state index is 13.6. The number of carbonyl (C=O) groups is 1. The normalized spacial score (nSPS) is 23.2. The minimum atomic E-state index is -0.222. The average Bonchev–Trinajstić information content (AvgIpc) is 2.89. The Kier molecular flexibility index (Phi) is 6.61. The summed E-state index contributed by atoms with van der Waals surface area (Å²) in [6.45, 7) is 10.1. The van der Waals surface area contributed by atoms with Crippen molar-refractivity contribution in [3.05, 3.63) is 29.1 Å². The zero-order valence-corrected chi connectivity index (χ0v) is 18.0. The van der Waals surface area contributed by atoms with Crippen LogP contribution in [0.4, 0.5) is 10.1 Å². The Balaban J connectivity index is 0.00000208. The molecule has 2 fully saturated rings. The molecule has 3 nitrogen and oxygen atoms in total. The number of hydrogen-bond acceptors (Lipinski definition) is 1. The molecule has 0 spiro atoms. The topological polar surface area (TPSA) is 20.3 Å². The molecule has 2 heterocycles. The molecule has 1 atom stereocenters. The number of piperidine rings is 1. The van der Waals surface area contributed by atoms with Crippen LogP contribution in [0.3, 0.4) is 0 Å². The molecule has 129 valence electrons. The number of nitrogens with zero attached hydrogens (tertiary/aromatic N) is 2. The van der Waals surface area contributed by atoms with Crippen molar-refractivity contribution < 1.29 is 46.4 Å². The SMILES string of the molecule is CC[N+]1(C2CCN(c3c(C)cc(F)cc3C)C2=O)CCCCC1.[Y]. The number of amides is 1. The quantitative estimate of drug-likeness (QED) is 0.701. The van der Waals surface area contributed by atoms with E-state index >= 15 is 0 Å². The van der Waals surface area contributed by atoms with Gasteiger partial charge < -0.3 is 9.38 Å². The van der Waals surface area contributed by atoms with Crippen LogP contribution in [0.25, 0.3) is 0 Å². The Morgan fingerprint density at radius 1 is 1.17 bits per heavy atom. The summed E-state index contributed by atoms with van der Waals surface area (Å²) in [7, 11) is 0. The number of likely N-dealkylation sites (tertiary alicyclic amines) is 1. The van der Waals surface area contributed by atoms with Crippen LogP contribution in [-0.4, -0.2) is 42.6 Å². The second-order valence-corrected chi connectivity index (χ2v) is 7.23. The van der Waals surface area contributed by atoms with Gasteiger partial charge in [0.05, 0.1) is 19.6 Å². The summed E-state index contributed by atoms with van der Waals surface area (Å²) in [6.07, 6.45) is 4.67. The molecule has 2 saturated heterocycles. The summed E-state index contributed by atoms with van der Waals surface area (Å²) in [5.41, 5.74) is 2.64. The molecular formula is C19H28FN2OY+. The van der Waals surface area contributed by atoms with Gasteiger partial charge in [0.1, 0.15) is 5.82 Å². The molecule has 5 heteroatoms. The van der Waals surface area contributed by atoms with Gasteiger partial charge in [-0.25, -0.2) is 4.39 Å². The summed E-state index contributed by atoms with van der Waals surface area (Å²) in [5, 5.41) is 0. The molecule has 2 aliphatic heterocycles. The van der Waals surface area contributed by atoms with Gasteiger partial charge in [-0.15, -0.1) is 0 Å². The number of likely N-dealkylation sites (N-methyl/N-ethyl adjacent to an activating group) is 1. The molecule has 1 aromatic rings. The van der Waals surface area contributed by atoms with E-state index in [9.17, 15) is 9.18 Å². The van der Waals surface area contributed by atoms with Gasteiger partial charge in [0.25, 0.3) is 5.91 Å². The van der Waals surface area contributed by atoms with E-state index in [0.29, 0.717) is 0 Å². The Bertz CT molecular complexity index is 590. The third-order valence-electron chi connectivity index (χ3n) is 5.90. The van der Waals surface area contributed by atoms with Crippen molar-refractivity contribution in [1.29, 1.82) is 0 Å². The molecule has 1 radical (unpaired) electrons. The first-order valence-corrected chi connectivity index (χ1v) is 8.92. The van der Waals surface area contributed by atoms with Crippen molar-refractivity contribution in [2.24, 2.45) is 0 Å². The number of aryl methyl sites for hydroxylation is 2. The van der Waals surface area contributed by atoms with Crippen molar-refractivity contribution in [3.63, 3.8) is 0 Å². The van der Waals surface area contributed by atoms with Gasteiger partial charge in [-0.3, -0.25) is 4.79 Å². The van der Waals surface area contributed by atoms with Crippen LogP contribution in [0.1, 0.15) is 43.7 Å². The predicted octanol–water partition coefficient (Wildman–Crippen LogP) is 3.57. The van der Waals surface area contributed by atoms with Crippen LogP contribution in [0.5, 0.6) is 0 Å². The minimum absolute atomic E-state index is 0. The summed E-state index contributed by atoms with van der Waals surface area (Å²) >= 11 is 0. The number of hydrogen-bond donors (Lipinski definition) is 0. The Morgan fingerprint density at radius 2 is 1.75 bits per heavy atom. The standard InChI is InChI=1S/C19H28FN2O.Y/c1-4-22(10-6-5-7-11-22)17-8-9-21(19(17)23)18-14(2)12-16(20)13-15(18)3;/h12-13,17H,4-11H2,1-3H3;/q+1;. The second kappa shape index (κ2) is 7.93. The van der Waals surface area contributed by atoms with Crippen molar-refractivity contribution in [1.82, 2.24) is 0 Å². The Morgan fingerprint density at radius 3 is 2.29 bits per heavy atom. The van der Waals surface area contributed by atoms with E-state index in [1.165, 1.54) is 31.4 Å². The van der Waals surface area contributed by atoms with Gasteiger partial charge in [0, 0.05) is 51.4 Å². The summed E-state index contributed by atoms with van der Waals surface area (Å²) < 4.78 is 14.5. The fraction of sp³-hybridized carbons (Fsp3) is 0.632. The number of halogens is 1. The molecule has 0 aromatic heterocycles. The van der Waals surface area contributed by atoms with E-state index < -0.39 is 0 Å². The molecule has 1 unspecified atom stereocenters. The van der Waals surface area contributed by atoms with E-state index in [1.54, 1.807) is 0 Å². The van der Waals surface area contributed by atoms with Gasteiger partial charge in [0.2, 0.25) is 0 Å². The number of quaternary nitrogens is 1. The molecule has 0 N–H and O–H groups in total. The van der Waals surface area contributed by atoms with Gasteiger partial charge in [0.15, 0.2) is 6.04 Å². The van der Waals surface area contributed by atoms with Crippen LogP contribution in [0.15, 0.2) is 12.1 Å². The van der Waals surface area contributed by atoms with Crippen molar-refractivity contribution in [2.45, 2.75) is 52.5 Å². The van der Waals surface area contributed by atoms with E-state index in [4.69, 9.17) is 0 Å². The molecule has 1 amide bonds. The maximum absolute atomic E-state index is 13.6. The first kappa shape index (κ1) is 20.0. The van der Waals surface area contributed by atoms with E-state index in [0.717, 1.165) is 53.9 Å². The summed E-state index contributed by atoms with van der Waals surface area (Å²) in [5.74, 6) is 0.0200. The number of rotatable bonds is 3. The summed E-state index contributed by atoms with van der Waals surface area (Å²) in [6, 6.07) is 3.16. The van der Waals surface area contributed by atoms with Gasteiger partial charge in [-0.2, -0.15) is 0 Å². The van der Waals surface area contributed by atoms with E-state index in [-0.39, 0.29) is 50.5 Å². The van der Waals surface area contributed by atoms with Gasteiger partial charge >= 0.3 is 0 Å². The molecule has 0 aliphatic carbocycles. The van der Waals surface area contributed by atoms with E-state index in [1.807, 2.05) is 18.7 Å². The fourth-order valence-electron chi connectivity index (χ4n) is 4.71. The third kappa shape index (κ3) is 3.47. The average molecular weight is 408 g/mol. The second-order valence-electron chi connectivity index (χ2n) is 7.23. The number of anilines is 1. The minimum Gasteiger partial charge on any atom is -0.314 e. The largest absolute Gasteiger partial charge is 0.314 e. The van der Waals surface area contributed by atoms with Gasteiger partial charge in [-0.05, 0) is 63.3 Å². The Labute approximate surface area is 170 Å². The smallest absolute Gasteiger partial charge is 0.285 e. The van der Waals surface area contributed by atoms with Crippen molar-refractivity contribution in [2.75, 3.05) is 31.1 Å². The van der Waals surface area contributed by atoms with Crippen LogP contribution in [0, 0.1) is 19.7 Å². The first-order chi connectivity index (χ1) is 11.0. The molecule has 3 rings (SSSR count). The molecule has 1 aromatic carbocycles. The molecule has 2 aliphatic rings. The summed E-state index contributed by atoms with van der Waals surface area (Å²) in [4.78, 5) is 15.1.